The highest BCUT2D eigenvalue weighted by Gasteiger charge is 2.46. The van der Waals surface area contributed by atoms with Crippen molar-refractivity contribution in [1.29, 1.82) is 5.26 Å². The minimum absolute atomic E-state index is 0.163. The maximum atomic E-state index is 12.2. The van der Waals surface area contributed by atoms with Crippen LogP contribution in [-0.4, -0.2) is 24.0 Å². The van der Waals surface area contributed by atoms with Gasteiger partial charge in [0, 0.05) is 5.56 Å². The molecule has 0 radical (unpaired) electrons. The fourth-order valence-electron chi connectivity index (χ4n) is 1.83. The zero-order chi connectivity index (χ0) is 11.9. The quantitative estimate of drug-likeness (QED) is 0.729. The van der Waals surface area contributed by atoms with E-state index in [4.69, 9.17) is 14.4 Å². The average Bonchev–Trinajstić information content (AvgIpc) is 2.74. The lowest BCUT2D eigenvalue weighted by molar-refractivity contribution is -0.0566. The van der Waals surface area contributed by atoms with Gasteiger partial charge in [0.25, 0.3) is 0 Å². The largest absolute Gasteiger partial charge is 0.443 e. The Morgan fingerprint density at radius 1 is 1.47 bits per heavy atom. The summed E-state index contributed by atoms with van der Waals surface area (Å²) in [5.74, 6) is -0.218. The van der Waals surface area contributed by atoms with E-state index in [0.717, 1.165) is 0 Å². The summed E-state index contributed by atoms with van der Waals surface area (Å²) in [5.41, 5.74) is 0.675. The van der Waals surface area contributed by atoms with Crippen molar-refractivity contribution in [3.05, 3.63) is 30.2 Å². The first kappa shape index (κ1) is 10.00. The minimum atomic E-state index is -1.02. The van der Waals surface area contributed by atoms with Crippen molar-refractivity contribution in [2.75, 3.05) is 13.2 Å². The van der Waals surface area contributed by atoms with Gasteiger partial charge in [0.2, 0.25) is 0 Å². The first-order valence-corrected chi connectivity index (χ1v) is 5.12. The Kier molecular flexibility index (Phi) is 2.00. The summed E-state index contributed by atoms with van der Waals surface area (Å²) >= 11 is 0. The van der Waals surface area contributed by atoms with E-state index in [1.54, 1.807) is 18.2 Å². The van der Waals surface area contributed by atoms with Crippen molar-refractivity contribution in [2.24, 2.45) is 5.41 Å². The van der Waals surface area contributed by atoms with Gasteiger partial charge in [-0.25, -0.2) is 4.98 Å². The molecule has 2 heterocycles. The van der Waals surface area contributed by atoms with Crippen LogP contribution in [0.3, 0.4) is 0 Å². The molecule has 1 aliphatic rings. The van der Waals surface area contributed by atoms with E-state index in [1.165, 1.54) is 6.39 Å². The molecule has 1 saturated heterocycles. The van der Waals surface area contributed by atoms with Crippen LogP contribution >= 0.6 is 0 Å². The van der Waals surface area contributed by atoms with E-state index in [-0.39, 0.29) is 19.0 Å². The first-order valence-electron chi connectivity index (χ1n) is 5.12. The number of hydrogen-bond donors (Lipinski definition) is 0. The monoisotopic (exact) mass is 228 g/mol. The molecule has 1 aromatic carbocycles. The summed E-state index contributed by atoms with van der Waals surface area (Å²) in [6, 6.07) is 7.01. The summed E-state index contributed by atoms with van der Waals surface area (Å²) in [6.07, 6.45) is 1.32. The topological polar surface area (TPSA) is 76.1 Å². The standard InChI is InChI=1S/C12H8N2O3/c13-4-12(5-16-6-12)11(15)8-1-2-9-10(3-8)17-7-14-9/h1-3,7H,5-6H2. The fraction of sp³-hybridized carbons (Fsp3) is 0.250. The molecule has 1 fully saturated rings. The number of ether oxygens (including phenoxy) is 1. The molecule has 0 bridgehead atoms. The van der Waals surface area contributed by atoms with Gasteiger partial charge in [0.1, 0.15) is 5.52 Å². The molecule has 1 aromatic heterocycles. The van der Waals surface area contributed by atoms with Crippen molar-refractivity contribution in [3.8, 4) is 6.07 Å². The Morgan fingerprint density at radius 2 is 2.29 bits per heavy atom. The van der Waals surface area contributed by atoms with E-state index in [2.05, 4.69) is 4.98 Å². The van der Waals surface area contributed by atoms with Crippen molar-refractivity contribution in [3.63, 3.8) is 0 Å². The van der Waals surface area contributed by atoms with Gasteiger partial charge in [0.05, 0.1) is 19.3 Å². The van der Waals surface area contributed by atoms with Gasteiger partial charge in [-0.3, -0.25) is 4.79 Å². The summed E-state index contributed by atoms with van der Waals surface area (Å²) in [5, 5.41) is 9.05. The number of aromatic nitrogens is 1. The second-order valence-electron chi connectivity index (χ2n) is 4.05. The predicted octanol–water partition coefficient (Wildman–Crippen LogP) is 1.55. The normalized spacial score (nSPS) is 17.4. The highest BCUT2D eigenvalue weighted by Crippen LogP contribution is 2.31. The number of benzene rings is 1. The number of oxazole rings is 1. The van der Waals surface area contributed by atoms with E-state index < -0.39 is 5.41 Å². The van der Waals surface area contributed by atoms with Gasteiger partial charge in [-0.15, -0.1) is 0 Å². The van der Waals surface area contributed by atoms with Crippen molar-refractivity contribution in [1.82, 2.24) is 4.98 Å². The van der Waals surface area contributed by atoms with Crippen LogP contribution in [0, 0.1) is 16.7 Å². The summed E-state index contributed by atoms with van der Waals surface area (Å²) in [6.45, 7) is 0.327. The van der Waals surface area contributed by atoms with E-state index >= 15 is 0 Å². The van der Waals surface area contributed by atoms with Gasteiger partial charge >= 0.3 is 0 Å². The Bertz CT molecular complexity index is 634. The molecule has 5 nitrogen and oxygen atoms in total. The fourth-order valence-corrected chi connectivity index (χ4v) is 1.83. The first-order chi connectivity index (χ1) is 8.25. The molecule has 17 heavy (non-hydrogen) atoms. The van der Waals surface area contributed by atoms with Crippen LogP contribution in [0.15, 0.2) is 29.0 Å². The Morgan fingerprint density at radius 3 is 2.94 bits per heavy atom. The molecule has 1 aliphatic heterocycles. The summed E-state index contributed by atoms with van der Waals surface area (Å²) in [7, 11) is 0. The number of nitrogens with zero attached hydrogens (tertiary/aromatic N) is 2. The van der Waals surface area contributed by atoms with Crippen molar-refractivity contribution in [2.45, 2.75) is 0 Å². The number of ketones is 1. The van der Waals surface area contributed by atoms with Gasteiger partial charge in [0.15, 0.2) is 23.2 Å². The van der Waals surface area contributed by atoms with Crippen LogP contribution in [0.25, 0.3) is 11.1 Å². The predicted molar refractivity (Wildman–Crippen MR) is 57.2 cm³/mol. The highest BCUT2D eigenvalue weighted by atomic mass is 16.5. The molecule has 0 spiro atoms. The molecular weight excluding hydrogens is 220 g/mol. The molecule has 2 aromatic rings. The van der Waals surface area contributed by atoms with Crippen LogP contribution in [0.5, 0.6) is 0 Å². The smallest absolute Gasteiger partial charge is 0.187 e. The van der Waals surface area contributed by atoms with Crippen molar-refractivity contribution >= 4 is 16.9 Å². The number of hydrogen-bond acceptors (Lipinski definition) is 5. The third-order valence-corrected chi connectivity index (χ3v) is 2.94. The number of rotatable bonds is 2. The van der Waals surface area contributed by atoms with Crippen LogP contribution < -0.4 is 0 Å². The molecule has 5 heteroatoms. The third-order valence-electron chi connectivity index (χ3n) is 2.94. The number of fused-ring (bicyclic) bond motifs is 1. The molecule has 0 unspecified atom stereocenters. The van der Waals surface area contributed by atoms with E-state index in [9.17, 15) is 4.79 Å². The number of nitriles is 1. The molecule has 84 valence electrons. The van der Waals surface area contributed by atoms with Gasteiger partial charge in [-0.2, -0.15) is 5.26 Å². The highest BCUT2D eigenvalue weighted by molar-refractivity contribution is 6.04. The third kappa shape index (κ3) is 1.35. The molecule has 3 rings (SSSR count). The molecule has 0 saturated carbocycles. The zero-order valence-electron chi connectivity index (χ0n) is 8.84. The Labute approximate surface area is 96.6 Å². The average molecular weight is 228 g/mol. The second-order valence-corrected chi connectivity index (χ2v) is 4.05. The molecule has 0 atom stereocenters. The maximum absolute atomic E-state index is 12.2. The van der Waals surface area contributed by atoms with Crippen LogP contribution in [0.1, 0.15) is 10.4 Å². The number of carbonyl (C=O) groups excluding carboxylic acids is 1. The van der Waals surface area contributed by atoms with Gasteiger partial charge in [-0.1, -0.05) is 0 Å². The SMILES string of the molecule is N#CC1(C(=O)c2ccc3ncoc3c2)COC1. The molecule has 0 aliphatic carbocycles. The zero-order valence-corrected chi connectivity index (χ0v) is 8.84. The summed E-state index contributed by atoms with van der Waals surface area (Å²) in [4.78, 5) is 16.1. The lowest BCUT2D eigenvalue weighted by Gasteiger charge is -2.33. The Balaban J connectivity index is 2.03. The lowest BCUT2D eigenvalue weighted by Crippen LogP contribution is -2.47. The number of Topliss-reactive ketones (excluding diaryl/α,β-unsaturated/α-hetero) is 1. The van der Waals surface area contributed by atoms with Crippen molar-refractivity contribution < 1.29 is 13.9 Å². The van der Waals surface area contributed by atoms with Crippen LogP contribution in [0.2, 0.25) is 0 Å². The lowest BCUT2D eigenvalue weighted by atomic mass is 9.80. The molecule has 0 N–H and O–H groups in total. The Hall–Kier alpha value is -2.19. The maximum Gasteiger partial charge on any atom is 0.187 e. The van der Waals surface area contributed by atoms with E-state index in [1.807, 2.05) is 6.07 Å². The van der Waals surface area contributed by atoms with Gasteiger partial charge < -0.3 is 9.15 Å². The van der Waals surface area contributed by atoms with E-state index in [0.29, 0.717) is 16.7 Å². The van der Waals surface area contributed by atoms with Crippen LogP contribution in [-0.2, 0) is 4.74 Å². The second kappa shape index (κ2) is 3.40. The molecular formula is C12H8N2O3. The molecule has 0 amide bonds. The van der Waals surface area contributed by atoms with Crippen LogP contribution in [0.4, 0.5) is 0 Å². The van der Waals surface area contributed by atoms with Gasteiger partial charge in [-0.05, 0) is 18.2 Å². The summed E-state index contributed by atoms with van der Waals surface area (Å²) < 4.78 is 10.1. The minimum Gasteiger partial charge on any atom is -0.443 e. The number of carbonyl (C=O) groups is 1.